The number of amides is 3. The summed E-state index contributed by atoms with van der Waals surface area (Å²) in [5.74, 6) is -2.45. The van der Waals surface area contributed by atoms with Crippen LogP contribution >= 0.6 is 0 Å². The van der Waals surface area contributed by atoms with E-state index in [2.05, 4.69) is 22.9 Å². The standard InChI is InChI=1S/C27H31N5O4/c1-4-5-8-14-32-27(36)21-10-7-6-9-20(21)23(30-32)25(34)29-28-24(33)22-13-15-31(26(22)35)19-12-11-17(2)18(3)16-19/h6-7,9-12,16,22H,4-5,8,13-15H2,1-3H3,(H,28,33)(H,29,34). The number of fused-ring (bicyclic) bond motifs is 1. The molecule has 0 aliphatic carbocycles. The molecule has 9 heteroatoms. The van der Waals surface area contributed by atoms with Crippen LogP contribution in [-0.4, -0.2) is 34.0 Å². The number of rotatable bonds is 7. The van der Waals surface area contributed by atoms with Gasteiger partial charge in [0, 0.05) is 24.2 Å². The molecule has 36 heavy (non-hydrogen) atoms. The Labute approximate surface area is 209 Å². The number of aromatic nitrogens is 2. The minimum atomic E-state index is -0.903. The van der Waals surface area contributed by atoms with Gasteiger partial charge in [0.25, 0.3) is 17.4 Å². The van der Waals surface area contributed by atoms with Crippen LogP contribution in [-0.2, 0) is 16.1 Å². The number of unbranched alkanes of at least 4 members (excludes halogenated alkanes) is 2. The monoisotopic (exact) mass is 489 g/mol. The maximum absolute atomic E-state index is 13.0. The average molecular weight is 490 g/mol. The van der Waals surface area contributed by atoms with Gasteiger partial charge in [-0.3, -0.25) is 30.0 Å². The molecule has 3 aromatic rings. The Morgan fingerprint density at radius 2 is 1.75 bits per heavy atom. The topological polar surface area (TPSA) is 113 Å². The Morgan fingerprint density at radius 1 is 1.00 bits per heavy atom. The Balaban J connectivity index is 1.47. The van der Waals surface area contributed by atoms with Gasteiger partial charge in [-0.15, -0.1) is 0 Å². The molecule has 0 spiro atoms. The fourth-order valence-electron chi connectivity index (χ4n) is 4.40. The van der Waals surface area contributed by atoms with E-state index in [1.807, 2.05) is 32.0 Å². The summed E-state index contributed by atoms with van der Waals surface area (Å²) in [4.78, 5) is 53.2. The first-order chi connectivity index (χ1) is 17.3. The van der Waals surface area contributed by atoms with Crippen LogP contribution in [0.3, 0.4) is 0 Å². The summed E-state index contributed by atoms with van der Waals surface area (Å²) in [6.07, 6.45) is 3.03. The summed E-state index contributed by atoms with van der Waals surface area (Å²) in [6.45, 7) is 6.86. The van der Waals surface area contributed by atoms with Gasteiger partial charge in [0.2, 0.25) is 5.91 Å². The number of hydrazine groups is 1. The molecule has 1 aromatic heterocycles. The summed E-state index contributed by atoms with van der Waals surface area (Å²) in [5, 5.41) is 5.08. The largest absolute Gasteiger partial charge is 0.312 e. The minimum absolute atomic E-state index is 0.0384. The van der Waals surface area contributed by atoms with Crippen LogP contribution in [0.1, 0.15) is 54.2 Å². The van der Waals surface area contributed by atoms with Crippen molar-refractivity contribution in [1.82, 2.24) is 20.6 Å². The minimum Gasteiger partial charge on any atom is -0.312 e. The summed E-state index contributed by atoms with van der Waals surface area (Å²) in [6, 6.07) is 12.5. The molecule has 2 heterocycles. The van der Waals surface area contributed by atoms with Crippen molar-refractivity contribution < 1.29 is 14.4 Å². The Hall–Kier alpha value is -4.01. The lowest BCUT2D eigenvalue weighted by Crippen LogP contribution is -2.47. The van der Waals surface area contributed by atoms with Crippen molar-refractivity contribution >= 4 is 34.2 Å². The highest BCUT2D eigenvalue weighted by Gasteiger charge is 2.38. The molecule has 3 amide bonds. The number of aryl methyl sites for hydroxylation is 3. The SMILES string of the molecule is CCCCCn1nc(C(=O)NNC(=O)C2CCN(c3ccc(C)c(C)c3)C2=O)c2ccccc2c1=O. The first-order valence-corrected chi connectivity index (χ1v) is 12.3. The van der Waals surface area contributed by atoms with Crippen molar-refractivity contribution in [2.75, 3.05) is 11.4 Å². The molecule has 9 nitrogen and oxygen atoms in total. The van der Waals surface area contributed by atoms with Crippen LogP contribution in [0.4, 0.5) is 5.69 Å². The third kappa shape index (κ3) is 5.00. The van der Waals surface area contributed by atoms with Gasteiger partial charge in [-0.25, -0.2) is 4.68 Å². The van der Waals surface area contributed by atoms with Gasteiger partial charge in [0.1, 0.15) is 5.92 Å². The molecule has 1 aliphatic heterocycles. The van der Waals surface area contributed by atoms with E-state index in [0.717, 1.165) is 36.1 Å². The van der Waals surface area contributed by atoms with Crippen LogP contribution in [0, 0.1) is 19.8 Å². The van der Waals surface area contributed by atoms with Gasteiger partial charge in [0.15, 0.2) is 5.69 Å². The van der Waals surface area contributed by atoms with Crippen LogP contribution < -0.4 is 21.3 Å². The van der Waals surface area contributed by atoms with Gasteiger partial charge >= 0.3 is 0 Å². The maximum atomic E-state index is 13.0. The van der Waals surface area contributed by atoms with Crippen molar-refractivity contribution in [3.05, 3.63) is 69.6 Å². The van der Waals surface area contributed by atoms with Crippen molar-refractivity contribution in [3.63, 3.8) is 0 Å². The van der Waals surface area contributed by atoms with Crippen molar-refractivity contribution in [2.24, 2.45) is 5.92 Å². The number of hydrogen-bond acceptors (Lipinski definition) is 5. The number of benzene rings is 2. The van der Waals surface area contributed by atoms with Crippen LogP contribution in [0.15, 0.2) is 47.3 Å². The molecule has 1 saturated heterocycles. The lowest BCUT2D eigenvalue weighted by molar-refractivity contribution is -0.132. The number of carbonyl (C=O) groups is 3. The fourth-order valence-corrected chi connectivity index (χ4v) is 4.40. The third-order valence-electron chi connectivity index (χ3n) is 6.68. The van der Waals surface area contributed by atoms with E-state index in [0.29, 0.717) is 30.3 Å². The first-order valence-electron chi connectivity index (χ1n) is 12.3. The zero-order valence-electron chi connectivity index (χ0n) is 20.8. The smallest absolute Gasteiger partial charge is 0.290 e. The summed E-state index contributed by atoms with van der Waals surface area (Å²) in [7, 11) is 0. The highest BCUT2D eigenvalue weighted by atomic mass is 16.2. The fraction of sp³-hybridized carbons (Fsp3) is 0.370. The van der Waals surface area contributed by atoms with E-state index in [9.17, 15) is 19.2 Å². The highest BCUT2D eigenvalue weighted by Crippen LogP contribution is 2.27. The molecule has 1 unspecified atom stereocenters. The third-order valence-corrected chi connectivity index (χ3v) is 6.68. The molecule has 2 N–H and O–H groups in total. The second-order valence-corrected chi connectivity index (χ2v) is 9.17. The molecule has 4 rings (SSSR count). The van der Waals surface area contributed by atoms with Gasteiger partial charge in [-0.05, 0) is 56.0 Å². The van der Waals surface area contributed by atoms with E-state index in [-0.39, 0.29) is 17.2 Å². The van der Waals surface area contributed by atoms with Gasteiger partial charge in [-0.2, -0.15) is 5.10 Å². The molecule has 1 aliphatic rings. The second kappa shape index (κ2) is 10.7. The van der Waals surface area contributed by atoms with E-state index < -0.39 is 17.7 Å². The zero-order valence-corrected chi connectivity index (χ0v) is 20.8. The van der Waals surface area contributed by atoms with Crippen molar-refractivity contribution in [1.29, 1.82) is 0 Å². The quantitative estimate of drug-likeness (QED) is 0.301. The highest BCUT2D eigenvalue weighted by molar-refractivity contribution is 6.10. The molecular weight excluding hydrogens is 458 g/mol. The molecule has 1 atom stereocenters. The maximum Gasteiger partial charge on any atom is 0.290 e. The molecule has 0 radical (unpaired) electrons. The lowest BCUT2D eigenvalue weighted by atomic mass is 10.1. The van der Waals surface area contributed by atoms with E-state index in [1.54, 1.807) is 29.2 Å². The average Bonchev–Trinajstić information content (AvgIpc) is 3.27. The summed E-state index contributed by atoms with van der Waals surface area (Å²) in [5.41, 5.74) is 7.49. The Morgan fingerprint density at radius 3 is 2.47 bits per heavy atom. The molecule has 188 valence electrons. The summed E-state index contributed by atoms with van der Waals surface area (Å²) < 4.78 is 1.30. The Kier molecular flexibility index (Phi) is 7.47. The van der Waals surface area contributed by atoms with Gasteiger partial charge < -0.3 is 4.90 Å². The number of nitrogens with zero attached hydrogens (tertiary/aromatic N) is 3. The normalized spacial score (nSPS) is 15.4. The summed E-state index contributed by atoms with van der Waals surface area (Å²) >= 11 is 0. The number of hydrogen-bond donors (Lipinski definition) is 2. The van der Waals surface area contributed by atoms with Crippen LogP contribution in [0.2, 0.25) is 0 Å². The zero-order chi connectivity index (χ0) is 25.8. The number of carbonyl (C=O) groups excluding carboxylic acids is 3. The van der Waals surface area contributed by atoms with Gasteiger partial charge in [0.05, 0.1) is 5.39 Å². The van der Waals surface area contributed by atoms with Crippen LogP contribution in [0.25, 0.3) is 10.8 Å². The number of nitrogens with one attached hydrogen (secondary N) is 2. The number of anilines is 1. The molecule has 1 fully saturated rings. The van der Waals surface area contributed by atoms with Gasteiger partial charge in [-0.1, -0.05) is 44.0 Å². The van der Waals surface area contributed by atoms with Crippen molar-refractivity contribution in [3.8, 4) is 0 Å². The van der Waals surface area contributed by atoms with E-state index >= 15 is 0 Å². The second-order valence-electron chi connectivity index (χ2n) is 9.17. The van der Waals surface area contributed by atoms with Crippen LogP contribution in [0.5, 0.6) is 0 Å². The molecule has 2 aromatic carbocycles. The van der Waals surface area contributed by atoms with E-state index in [1.165, 1.54) is 4.68 Å². The molecule has 0 bridgehead atoms. The predicted octanol–water partition coefficient (Wildman–Crippen LogP) is 3.02. The Bertz CT molecular complexity index is 1380. The molecule has 0 saturated carbocycles. The first kappa shape index (κ1) is 25.1. The van der Waals surface area contributed by atoms with E-state index in [4.69, 9.17) is 0 Å². The van der Waals surface area contributed by atoms with Crippen molar-refractivity contribution in [2.45, 2.75) is 53.0 Å². The molecular formula is C27H31N5O4. The lowest BCUT2D eigenvalue weighted by Gasteiger charge is -2.18. The predicted molar refractivity (Wildman–Crippen MR) is 138 cm³/mol.